The summed E-state index contributed by atoms with van der Waals surface area (Å²) >= 11 is 3.33. The second-order valence-electron chi connectivity index (χ2n) is 3.34. The second-order valence-corrected chi connectivity index (χ2v) is 4.19. The highest BCUT2D eigenvalue weighted by molar-refractivity contribution is 9.10. The molecule has 5 nitrogen and oxygen atoms in total. The molecule has 0 aromatic carbocycles. The van der Waals surface area contributed by atoms with E-state index in [0.717, 1.165) is 4.47 Å². The summed E-state index contributed by atoms with van der Waals surface area (Å²) in [5.74, 6) is 0.502. The van der Waals surface area contributed by atoms with E-state index in [2.05, 4.69) is 25.9 Å². The summed E-state index contributed by atoms with van der Waals surface area (Å²) in [6, 6.07) is 3.44. The van der Waals surface area contributed by atoms with Crippen molar-refractivity contribution >= 4 is 28.1 Å². The van der Waals surface area contributed by atoms with Crippen LogP contribution in [0.3, 0.4) is 0 Å². The van der Waals surface area contributed by atoms with Crippen LogP contribution in [-0.4, -0.2) is 42.5 Å². The number of hydrogen-bond acceptors (Lipinski definition) is 4. The fraction of sp³-hybridized carbons (Fsp3) is 0.400. The number of hydrogen-bond donors (Lipinski definition) is 1. The zero-order chi connectivity index (χ0) is 12.1. The smallest absolute Gasteiger partial charge is 0.198 e. The van der Waals surface area contributed by atoms with Crippen LogP contribution >= 0.6 is 15.9 Å². The Labute approximate surface area is 103 Å². The fourth-order valence-corrected chi connectivity index (χ4v) is 1.29. The van der Waals surface area contributed by atoms with Crippen molar-refractivity contribution in [1.29, 1.82) is 0 Å². The zero-order valence-corrected chi connectivity index (χ0v) is 11.0. The molecule has 0 aliphatic carbocycles. The SMILES string of the molecule is COC(O)c1ccc(Br)c(N=CN(C)C)n1. The quantitative estimate of drug-likeness (QED) is 0.520. The predicted molar refractivity (Wildman–Crippen MR) is 65.7 cm³/mol. The summed E-state index contributed by atoms with van der Waals surface area (Å²) in [7, 11) is 5.15. The number of nitrogens with zero attached hydrogens (tertiary/aromatic N) is 3. The maximum atomic E-state index is 9.46. The molecule has 1 rings (SSSR count). The van der Waals surface area contributed by atoms with Crippen molar-refractivity contribution < 1.29 is 9.84 Å². The van der Waals surface area contributed by atoms with Crippen molar-refractivity contribution in [3.8, 4) is 0 Å². The summed E-state index contributed by atoms with van der Waals surface area (Å²) in [6.07, 6.45) is 0.609. The van der Waals surface area contributed by atoms with Gasteiger partial charge in [-0.1, -0.05) is 0 Å². The van der Waals surface area contributed by atoms with Crippen molar-refractivity contribution in [2.45, 2.75) is 6.29 Å². The Hall–Kier alpha value is -0.980. The first kappa shape index (κ1) is 13.1. The molecular weight excluding hydrogens is 274 g/mol. The van der Waals surface area contributed by atoms with E-state index in [1.54, 1.807) is 23.4 Å². The zero-order valence-electron chi connectivity index (χ0n) is 9.38. The van der Waals surface area contributed by atoms with Crippen molar-refractivity contribution in [1.82, 2.24) is 9.88 Å². The summed E-state index contributed by atoms with van der Waals surface area (Å²) < 4.78 is 5.53. The van der Waals surface area contributed by atoms with Crippen LogP contribution in [0.4, 0.5) is 5.82 Å². The van der Waals surface area contributed by atoms with Crippen molar-refractivity contribution in [3.05, 3.63) is 22.3 Å². The van der Waals surface area contributed by atoms with Crippen LogP contribution < -0.4 is 0 Å². The molecule has 1 aromatic rings. The monoisotopic (exact) mass is 287 g/mol. The minimum Gasteiger partial charge on any atom is -0.369 e. The van der Waals surface area contributed by atoms with Crippen molar-refractivity contribution in [2.24, 2.45) is 4.99 Å². The third-order valence-electron chi connectivity index (χ3n) is 1.74. The lowest BCUT2D eigenvalue weighted by Gasteiger charge is -2.09. The highest BCUT2D eigenvalue weighted by Crippen LogP contribution is 2.25. The Bertz CT molecular complexity index is 382. The third-order valence-corrected chi connectivity index (χ3v) is 2.36. The maximum Gasteiger partial charge on any atom is 0.198 e. The first-order valence-electron chi connectivity index (χ1n) is 4.62. The molecule has 0 saturated heterocycles. The first-order chi connectivity index (χ1) is 7.54. The summed E-state index contributed by atoms with van der Waals surface area (Å²) in [6.45, 7) is 0. The number of rotatable bonds is 4. The number of ether oxygens (including phenoxy) is 1. The topological polar surface area (TPSA) is 58.0 Å². The number of aliphatic hydroxyl groups excluding tert-OH is 1. The van der Waals surface area contributed by atoms with Crippen LogP contribution in [0.25, 0.3) is 0 Å². The molecule has 1 unspecified atom stereocenters. The van der Waals surface area contributed by atoms with Crippen LogP contribution in [0.15, 0.2) is 21.6 Å². The van der Waals surface area contributed by atoms with Gasteiger partial charge in [-0.05, 0) is 28.1 Å². The number of aromatic nitrogens is 1. The Balaban J connectivity index is 2.99. The van der Waals surface area contributed by atoms with Gasteiger partial charge in [0.2, 0.25) is 0 Å². The normalized spacial score (nSPS) is 13.1. The van der Waals surface area contributed by atoms with Gasteiger partial charge in [0.25, 0.3) is 0 Å². The largest absolute Gasteiger partial charge is 0.369 e. The van der Waals surface area contributed by atoms with E-state index in [1.165, 1.54) is 7.11 Å². The van der Waals surface area contributed by atoms with Crippen LogP contribution in [0.2, 0.25) is 0 Å². The summed E-state index contributed by atoms with van der Waals surface area (Å²) in [4.78, 5) is 10.1. The van der Waals surface area contributed by atoms with Gasteiger partial charge < -0.3 is 14.7 Å². The Morgan fingerprint density at radius 2 is 2.25 bits per heavy atom. The third kappa shape index (κ3) is 3.55. The van der Waals surface area contributed by atoms with Gasteiger partial charge in [0.05, 0.1) is 16.5 Å². The Morgan fingerprint density at radius 3 is 2.81 bits per heavy atom. The lowest BCUT2D eigenvalue weighted by atomic mass is 10.3. The summed E-state index contributed by atoms with van der Waals surface area (Å²) in [5.41, 5.74) is 0.427. The molecule has 0 fully saturated rings. The van der Waals surface area contributed by atoms with E-state index in [0.29, 0.717) is 11.5 Å². The molecule has 16 heavy (non-hydrogen) atoms. The van der Waals surface area contributed by atoms with E-state index in [4.69, 9.17) is 4.74 Å². The average Bonchev–Trinajstić information content (AvgIpc) is 2.26. The molecule has 0 bridgehead atoms. The second kappa shape index (κ2) is 5.93. The Kier molecular flexibility index (Phi) is 4.85. The minimum atomic E-state index is -1.03. The van der Waals surface area contributed by atoms with E-state index >= 15 is 0 Å². The van der Waals surface area contributed by atoms with Gasteiger partial charge in [0.1, 0.15) is 0 Å². The van der Waals surface area contributed by atoms with Crippen LogP contribution in [-0.2, 0) is 4.74 Å². The molecule has 0 amide bonds. The van der Waals surface area contributed by atoms with Crippen molar-refractivity contribution in [2.75, 3.05) is 21.2 Å². The van der Waals surface area contributed by atoms with Crippen LogP contribution in [0, 0.1) is 0 Å². The lowest BCUT2D eigenvalue weighted by molar-refractivity contribution is -0.0798. The van der Waals surface area contributed by atoms with Gasteiger partial charge in [0.15, 0.2) is 12.1 Å². The molecule has 0 aliphatic heterocycles. The van der Waals surface area contributed by atoms with Gasteiger partial charge in [-0.15, -0.1) is 0 Å². The van der Waals surface area contributed by atoms with Crippen molar-refractivity contribution in [3.63, 3.8) is 0 Å². The maximum absolute atomic E-state index is 9.46. The summed E-state index contributed by atoms with van der Waals surface area (Å²) in [5, 5.41) is 9.46. The molecule has 0 saturated carbocycles. The number of methoxy groups -OCH3 is 1. The molecule has 1 heterocycles. The predicted octanol–water partition coefficient (Wildman–Crippen LogP) is 1.70. The van der Waals surface area contributed by atoms with Crippen LogP contribution in [0.1, 0.15) is 12.0 Å². The molecule has 0 aliphatic rings. The molecule has 1 aromatic heterocycles. The van der Waals surface area contributed by atoms with E-state index in [-0.39, 0.29) is 0 Å². The number of halogens is 1. The molecule has 1 N–H and O–H groups in total. The fourth-order valence-electron chi connectivity index (χ4n) is 0.965. The van der Waals surface area contributed by atoms with Crippen LogP contribution in [0.5, 0.6) is 0 Å². The number of pyridine rings is 1. The minimum absolute atomic E-state index is 0.427. The van der Waals surface area contributed by atoms with Gasteiger partial charge in [-0.2, -0.15) is 0 Å². The van der Waals surface area contributed by atoms with Gasteiger partial charge in [-0.3, -0.25) is 0 Å². The highest BCUT2D eigenvalue weighted by Gasteiger charge is 2.09. The first-order valence-corrected chi connectivity index (χ1v) is 5.42. The molecular formula is C10H14BrN3O2. The molecule has 6 heteroatoms. The molecule has 88 valence electrons. The molecule has 1 atom stereocenters. The standard InChI is InChI=1S/C10H14BrN3O2/c1-14(2)6-12-9-7(11)4-5-8(13-9)10(15)16-3/h4-6,10,15H,1-3H3. The average molecular weight is 288 g/mol. The molecule has 0 radical (unpaired) electrons. The number of aliphatic hydroxyl groups is 1. The Morgan fingerprint density at radius 1 is 1.56 bits per heavy atom. The van der Waals surface area contributed by atoms with E-state index < -0.39 is 6.29 Å². The van der Waals surface area contributed by atoms with Gasteiger partial charge in [-0.25, -0.2) is 9.98 Å². The number of aliphatic imine (C=N–C) groups is 1. The van der Waals surface area contributed by atoms with E-state index in [1.807, 2.05) is 14.1 Å². The van der Waals surface area contributed by atoms with Gasteiger partial charge >= 0.3 is 0 Å². The molecule has 0 spiro atoms. The highest BCUT2D eigenvalue weighted by atomic mass is 79.9. The lowest BCUT2D eigenvalue weighted by Crippen LogP contribution is -2.07. The van der Waals surface area contributed by atoms with Gasteiger partial charge in [0, 0.05) is 21.2 Å². The van der Waals surface area contributed by atoms with E-state index in [9.17, 15) is 5.11 Å².